The van der Waals surface area contributed by atoms with Crippen LogP contribution in [0.15, 0.2) is 24.4 Å². The summed E-state index contributed by atoms with van der Waals surface area (Å²) in [5.74, 6) is 2.21. The molecule has 0 atom stereocenters. The number of hydrogen-bond acceptors (Lipinski definition) is 4. The molecule has 1 aliphatic rings. The van der Waals surface area contributed by atoms with Crippen molar-refractivity contribution in [1.82, 2.24) is 9.88 Å². The molecule has 0 aliphatic carbocycles. The average Bonchev–Trinajstić information content (AvgIpc) is 2.96. The zero-order chi connectivity index (χ0) is 15.5. The summed E-state index contributed by atoms with van der Waals surface area (Å²) in [5.41, 5.74) is 0.740. The summed E-state index contributed by atoms with van der Waals surface area (Å²) in [6.07, 6.45) is 2.14. The van der Waals surface area contributed by atoms with Gasteiger partial charge >= 0.3 is 0 Å². The zero-order valence-electron chi connectivity index (χ0n) is 11.7. The second-order valence-corrected chi connectivity index (χ2v) is 8.05. The minimum atomic E-state index is 0.167. The molecule has 2 heterocycles. The maximum atomic E-state index is 12.3. The molecule has 7 heteroatoms. The van der Waals surface area contributed by atoms with Gasteiger partial charge in [0.15, 0.2) is 0 Å². The first kappa shape index (κ1) is 16.1. The number of carbonyl (C=O) groups is 1. The number of nitrogens with zero attached hydrogens (tertiary/aromatic N) is 2. The Kier molecular flexibility index (Phi) is 5.29. The molecule has 1 aromatic heterocycles. The third kappa shape index (κ3) is 3.59. The molecule has 0 saturated carbocycles. The molecule has 0 unspecified atom stereocenters. The Hall–Kier alpha value is -0.750. The van der Waals surface area contributed by atoms with Crippen molar-refractivity contribution in [2.24, 2.45) is 0 Å². The molecule has 22 heavy (non-hydrogen) atoms. The lowest BCUT2D eigenvalue weighted by molar-refractivity contribution is -0.130. The van der Waals surface area contributed by atoms with Crippen molar-refractivity contribution < 1.29 is 4.79 Å². The van der Waals surface area contributed by atoms with E-state index >= 15 is 0 Å². The first-order chi connectivity index (χ1) is 10.6. The summed E-state index contributed by atoms with van der Waals surface area (Å²) < 4.78 is 0. The van der Waals surface area contributed by atoms with Crippen molar-refractivity contribution in [2.45, 2.75) is 6.42 Å². The Morgan fingerprint density at radius 2 is 1.91 bits per heavy atom. The quantitative estimate of drug-likeness (QED) is 0.807. The van der Waals surface area contributed by atoms with E-state index in [1.165, 1.54) is 11.3 Å². The van der Waals surface area contributed by atoms with Crippen LogP contribution in [0.5, 0.6) is 0 Å². The summed E-state index contributed by atoms with van der Waals surface area (Å²) in [6, 6.07) is 5.39. The predicted molar refractivity (Wildman–Crippen MR) is 95.2 cm³/mol. The van der Waals surface area contributed by atoms with Crippen molar-refractivity contribution in [1.29, 1.82) is 0 Å². The van der Waals surface area contributed by atoms with Crippen LogP contribution >= 0.6 is 46.3 Å². The van der Waals surface area contributed by atoms with Gasteiger partial charge in [0.1, 0.15) is 5.01 Å². The van der Waals surface area contributed by atoms with Crippen LogP contribution in [-0.4, -0.2) is 40.4 Å². The number of aromatic nitrogens is 1. The molecule has 0 spiro atoms. The fourth-order valence-corrected chi connectivity index (χ4v) is 4.85. The number of benzene rings is 1. The van der Waals surface area contributed by atoms with E-state index in [1.807, 2.05) is 16.7 Å². The van der Waals surface area contributed by atoms with Crippen LogP contribution in [0.1, 0.15) is 4.88 Å². The number of hydrogen-bond donors (Lipinski definition) is 0. The molecular formula is C15H14Cl2N2OS2. The smallest absolute Gasteiger partial charge is 0.227 e. The average molecular weight is 373 g/mol. The van der Waals surface area contributed by atoms with Crippen LogP contribution in [0.4, 0.5) is 0 Å². The minimum absolute atomic E-state index is 0.167. The van der Waals surface area contributed by atoms with E-state index in [2.05, 4.69) is 4.98 Å². The van der Waals surface area contributed by atoms with E-state index in [4.69, 9.17) is 23.2 Å². The molecule has 0 radical (unpaired) electrons. The van der Waals surface area contributed by atoms with Gasteiger partial charge in [0.05, 0.1) is 16.5 Å². The van der Waals surface area contributed by atoms with E-state index in [0.29, 0.717) is 16.5 Å². The van der Waals surface area contributed by atoms with E-state index in [0.717, 1.165) is 40.0 Å². The van der Waals surface area contributed by atoms with Gasteiger partial charge in [-0.3, -0.25) is 4.79 Å². The fourth-order valence-electron chi connectivity index (χ4n) is 2.28. The molecule has 3 nitrogen and oxygen atoms in total. The summed E-state index contributed by atoms with van der Waals surface area (Å²) in [5, 5.41) is 1.91. The first-order valence-electron chi connectivity index (χ1n) is 6.90. The van der Waals surface area contributed by atoms with Crippen molar-refractivity contribution in [2.75, 3.05) is 24.6 Å². The third-order valence-electron chi connectivity index (χ3n) is 3.42. The third-order valence-corrected chi connectivity index (χ3v) is 6.01. The summed E-state index contributed by atoms with van der Waals surface area (Å²) in [4.78, 5) is 19.5. The highest BCUT2D eigenvalue weighted by Gasteiger charge is 2.19. The molecule has 0 bridgehead atoms. The largest absolute Gasteiger partial charge is 0.341 e. The SMILES string of the molecule is O=C(Cc1cnc(-c2c(Cl)cccc2Cl)s1)N1CCSCC1. The Labute approximate surface area is 147 Å². The number of halogens is 2. The standard InChI is InChI=1S/C15H14Cl2N2OS2/c16-11-2-1-3-12(17)14(11)15-18-9-10(22-15)8-13(20)19-4-6-21-7-5-19/h1-3,9H,4-8H2. The van der Waals surface area contributed by atoms with Crippen LogP contribution in [0, 0.1) is 0 Å². The van der Waals surface area contributed by atoms with E-state index in [9.17, 15) is 4.79 Å². The van der Waals surface area contributed by atoms with Crippen LogP contribution < -0.4 is 0 Å². The highest BCUT2D eigenvalue weighted by molar-refractivity contribution is 7.99. The number of thiazole rings is 1. The maximum Gasteiger partial charge on any atom is 0.227 e. The zero-order valence-corrected chi connectivity index (χ0v) is 14.9. The van der Waals surface area contributed by atoms with Crippen LogP contribution in [-0.2, 0) is 11.2 Å². The second-order valence-electron chi connectivity index (χ2n) is 4.90. The van der Waals surface area contributed by atoms with Crippen molar-refractivity contribution >= 4 is 52.2 Å². The lowest BCUT2D eigenvalue weighted by Gasteiger charge is -2.26. The lowest BCUT2D eigenvalue weighted by Crippen LogP contribution is -2.38. The molecule has 0 N–H and O–H groups in total. The van der Waals surface area contributed by atoms with E-state index in [1.54, 1.807) is 24.4 Å². The number of thioether (sulfide) groups is 1. The van der Waals surface area contributed by atoms with Gasteiger partial charge in [-0.05, 0) is 12.1 Å². The molecule has 1 fully saturated rings. The Morgan fingerprint density at radius 3 is 2.59 bits per heavy atom. The predicted octanol–water partition coefficient (Wildman–Crippen LogP) is 4.23. The molecule has 1 aliphatic heterocycles. The summed E-state index contributed by atoms with van der Waals surface area (Å²) in [7, 11) is 0. The van der Waals surface area contributed by atoms with Gasteiger partial charge in [0.25, 0.3) is 0 Å². The monoisotopic (exact) mass is 372 g/mol. The molecule has 3 rings (SSSR count). The normalized spacial score (nSPS) is 15.1. The molecule has 2 aromatic rings. The first-order valence-corrected chi connectivity index (χ1v) is 9.62. The van der Waals surface area contributed by atoms with Crippen LogP contribution in [0.2, 0.25) is 10.0 Å². The van der Waals surface area contributed by atoms with Gasteiger partial charge in [-0.25, -0.2) is 4.98 Å². The number of carbonyl (C=O) groups excluding carboxylic acids is 1. The van der Waals surface area contributed by atoms with E-state index < -0.39 is 0 Å². The molecule has 1 aromatic carbocycles. The highest BCUT2D eigenvalue weighted by atomic mass is 35.5. The number of amides is 1. The van der Waals surface area contributed by atoms with Gasteiger partial charge < -0.3 is 4.90 Å². The van der Waals surface area contributed by atoms with Gasteiger partial charge in [0.2, 0.25) is 5.91 Å². The van der Waals surface area contributed by atoms with Crippen LogP contribution in [0.3, 0.4) is 0 Å². The van der Waals surface area contributed by atoms with E-state index in [-0.39, 0.29) is 5.91 Å². The summed E-state index contributed by atoms with van der Waals surface area (Å²) in [6.45, 7) is 1.68. The van der Waals surface area contributed by atoms with Crippen molar-refractivity contribution in [3.63, 3.8) is 0 Å². The fraction of sp³-hybridized carbons (Fsp3) is 0.333. The summed E-state index contributed by atoms with van der Waals surface area (Å²) >= 11 is 15.8. The van der Waals surface area contributed by atoms with Gasteiger partial charge in [0, 0.05) is 41.2 Å². The molecule has 1 amide bonds. The maximum absolute atomic E-state index is 12.3. The van der Waals surface area contributed by atoms with Gasteiger partial charge in [-0.2, -0.15) is 11.8 Å². The Balaban J connectivity index is 1.75. The molecule has 1 saturated heterocycles. The Morgan fingerprint density at radius 1 is 1.23 bits per heavy atom. The highest BCUT2D eigenvalue weighted by Crippen LogP contribution is 2.36. The Bertz CT molecular complexity index is 664. The van der Waals surface area contributed by atoms with Crippen molar-refractivity contribution in [3.8, 4) is 10.6 Å². The lowest BCUT2D eigenvalue weighted by atomic mass is 10.2. The van der Waals surface area contributed by atoms with Gasteiger partial charge in [-0.15, -0.1) is 11.3 Å². The molecule has 116 valence electrons. The van der Waals surface area contributed by atoms with Gasteiger partial charge in [-0.1, -0.05) is 29.3 Å². The number of rotatable bonds is 3. The van der Waals surface area contributed by atoms with Crippen molar-refractivity contribution in [3.05, 3.63) is 39.3 Å². The molecular weight excluding hydrogens is 359 g/mol. The minimum Gasteiger partial charge on any atom is -0.341 e. The topological polar surface area (TPSA) is 33.2 Å². The van der Waals surface area contributed by atoms with Crippen LogP contribution in [0.25, 0.3) is 10.6 Å². The second kappa shape index (κ2) is 7.21.